The fourth-order valence-corrected chi connectivity index (χ4v) is 3.03. The van der Waals surface area contributed by atoms with Crippen molar-refractivity contribution >= 4 is 16.6 Å². The van der Waals surface area contributed by atoms with Gasteiger partial charge in [0.1, 0.15) is 11.6 Å². The Hall–Kier alpha value is -1.81. The fourth-order valence-electron chi connectivity index (χ4n) is 3.03. The molecule has 2 heterocycles. The first kappa shape index (κ1) is 14.1. The first-order valence-electron chi connectivity index (χ1n) is 7.80. The van der Waals surface area contributed by atoms with E-state index in [1.165, 1.54) is 32.4 Å². The van der Waals surface area contributed by atoms with E-state index in [0.29, 0.717) is 6.04 Å². The van der Waals surface area contributed by atoms with Crippen molar-refractivity contribution in [1.29, 1.82) is 0 Å². The van der Waals surface area contributed by atoms with Gasteiger partial charge >= 0.3 is 0 Å². The van der Waals surface area contributed by atoms with E-state index in [1.807, 2.05) is 18.3 Å². The second-order valence-electron chi connectivity index (χ2n) is 5.89. The molecule has 0 amide bonds. The van der Waals surface area contributed by atoms with E-state index in [1.54, 1.807) is 12.1 Å². The van der Waals surface area contributed by atoms with Gasteiger partial charge in [0.05, 0.1) is 0 Å². The highest BCUT2D eigenvalue weighted by Gasteiger charge is 2.16. The van der Waals surface area contributed by atoms with Crippen LogP contribution in [0, 0.1) is 0 Å². The molecule has 112 valence electrons. The molecule has 21 heavy (non-hydrogen) atoms. The zero-order valence-electron chi connectivity index (χ0n) is 12.5. The molecule has 1 aliphatic heterocycles. The Balaban J connectivity index is 1.71. The molecule has 3 rings (SSSR count). The zero-order chi connectivity index (χ0) is 14.7. The number of hydrogen-bond donors (Lipinski definition) is 2. The van der Waals surface area contributed by atoms with Crippen LogP contribution in [0.15, 0.2) is 30.5 Å². The minimum atomic E-state index is 0.280. The highest BCUT2D eigenvalue weighted by atomic mass is 16.3. The lowest BCUT2D eigenvalue weighted by atomic mass is 10.1. The van der Waals surface area contributed by atoms with Gasteiger partial charge in [-0.25, -0.2) is 4.98 Å². The summed E-state index contributed by atoms with van der Waals surface area (Å²) in [5.41, 5.74) is 0. The maximum Gasteiger partial charge on any atom is 0.134 e. The summed E-state index contributed by atoms with van der Waals surface area (Å²) in [6.07, 6.45) is 5.80. The summed E-state index contributed by atoms with van der Waals surface area (Å²) in [5, 5.41) is 15.2. The topological polar surface area (TPSA) is 48.4 Å². The van der Waals surface area contributed by atoms with Crippen molar-refractivity contribution in [1.82, 2.24) is 9.88 Å². The number of pyridine rings is 1. The van der Waals surface area contributed by atoms with Gasteiger partial charge in [-0.3, -0.25) is 4.90 Å². The summed E-state index contributed by atoms with van der Waals surface area (Å²) >= 11 is 0. The summed E-state index contributed by atoms with van der Waals surface area (Å²) < 4.78 is 0. The average molecular weight is 285 g/mol. The van der Waals surface area contributed by atoms with Gasteiger partial charge in [-0.2, -0.15) is 0 Å². The number of aromatic hydroxyl groups is 1. The number of phenolic OH excluding ortho intramolecular Hbond substituents is 1. The number of nitrogens with zero attached hydrogens (tertiary/aromatic N) is 2. The van der Waals surface area contributed by atoms with Gasteiger partial charge in [0.2, 0.25) is 0 Å². The molecule has 1 aliphatic rings. The van der Waals surface area contributed by atoms with E-state index < -0.39 is 0 Å². The molecule has 0 radical (unpaired) electrons. The maximum absolute atomic E-state index is 9.67. The van der Waals surface area contributed by atoms with E-state index in [0.717, 1.165) is 23.1 Å². The van der Waals surface area contributed by atoms with Gasteiger partial charge in [-0.1, -0.05) is 12.5 Å². The predicted molar refractivity (Wildman–Crippen MR) is 86.8 cm³/mol. The predicted octanol–water partition coefficient (Wildman–Crippen LogP) is 3.23. The van der Waals surface area contributed by atoms with Crippen molar-refractivity contribution in [3.05, 3.63) is 30.5 Å². The Bertz CT molecular complexity index is 608. The van der Waals surface area contributed by atoms with Crippen molar-refractivity contribution in [2.75, 3.05) is 25.0 Å². The maximum atomic E-state index is 9.67. The fraction of sp³-hybridized carbons (Fsp3) is 0.471. The third-order valence-corrected chi connectivity index (χ3v) is 4.33. The van der Waals surface area contributed by atoms with Gasteiger partial charge in [0, 0.05) is 24.2 Å². The number of anilines is 1. The molecule has 1 unspecified atom stereocenters. The first-order valence-corrected chi connectivity index (χ1v) is 7.80. The van der Waals surface area contributed by atoms with E-state index in [-0.39, 0.29) is 5.75 Å². The van der Waals surface area contributed by atoms with Gasteiger partial charge in [-0.05, 0) is 56.4 Å². The van der Waals surface area contributed by atoms with Crippen LogP contribution in [-0.4, -0.2) is 40.7 Å². The van der Waals surface area contributed by atoms with Crippen LogP contribution in [0.2, 0.25) is 0 Å². The SMILES string of the molecule is CC(CNc1nccc2ccc(O)cc12)N1CCCCC1. The minimum absolute atomic E-state index is 0.280. The lowest BCUT2D eigenvalue weighted by Gasteiger charge is -2.32. The number of hydrogen-bond acceptors (Lipinski definition) is 4. The number of benzene rings is 1. The van der Waals surface area contributed by atoms with Crippen molar-refractivity contribution in [3.8, 4) is 5.75 Å². The Morgan fingerprint density at radius 1 is 1.24 bits per heavy atom. The van der Waals surface area contributed by atoms with Crippen LogP contribution >= 0.6 is 0 Å². The second-order valence-corrected chi connectivity index (χ2v) is 5.89. The molecular weight excluding hydrogens is 262 g/mol. The van der Waals surface area contributed by atoms with Gasteiger partial charge in [0.25, 0.3) is 0 Å². The monoisotopic (exact) mass is 285 g/mol. The van der Waals surface area contributed by atoms with Crippen molar-refractivity contribution in [2.45, 2.75) is 32.2 Å². The quantitative estimate of drug-likeness (QED) is 0.905. The molecule has 0 saturated carbocycles. The standard InChI is InChI=1S/C17H23N3O/c1-13(20-9-3-2-4-10-20)12-19-17-16-11-15(21)6-5-14(16)7-8-18-17/h5-8,11,13,21H,2-4,9-10,12H2,1H3,(H,18,19). The van der Waals surface area contributed by atoms with Crippen molar-refractivity contribution in [3.63, 3.8) is 0 Å². The number of likely N-dealkylation sites (tertiary alicyclic amines) is 1. The summed E-state index contributed by atoms with van der Waals surface area (Å²) in [5.74, 6) is 1.13. The Kier molecular flexibility index (Phi) is 4.25. The highest BCUT2D eigenvalue weighted by Crippen LogP contribution is 2.25. The van der Waals surface area contributed by atoms with E-state index in [9.17, 15) is 5.11 Å². The van der Waals surface area contributed by atoms with Crippen LogP contribution in [-0.2, 0) is 0 Å². The normalized spacial score (nSPS) is 17.8. The largest absolute Gasteiger partial charge is 0.508 e. The van der Waals surface area contributed by atoms with Crippen molar-refractivity contribution in [2.24, 2.45) is 0 Å². The number of rotatable bonds is 4. The van der Waals surface area contributed by atoms with Gasteiger partial charge < -0.3 is 10.4 Å². The zero-order valence-corrected chi connectivity index (χ0v) is 12.5. The molecule has 1 atom stereocenters. The van der Waals surface area contributed by atoms with Crippen LogP contribution in [0.25, 0.3) is 10.8 Å². The van der Waals surface area contributed by atoms with Gasteiger partial charge in [-0.15, -0.1) is 0 Å². The molecule has 0 spiro atoms. The molecule has 1 aromatic carbocycles. The summed E-state index contributed by atoms with van der Waals surface area (Å²) in [4.78, 5) is 6.97. The van der Waals surface area contributed by atoms with Crippen LogP contribution in [0.5, 0.6) is 5.75 Å². The molecule has 0 bridgehead atoms. The number of phenols is 1. The minimum Gasteiger partial charge on any atom is -0.508 e. The molecule has 1 fully saturated rings. The number of nitrogens with one attached hydrogen (secondary N) is 1. The lowest BCUT2D eigenvalue weighted by molar-refractivity contribution is 0.180. The van der Waals surface area contributed by atoms with Crippen LogP contribution in [0.1, 0.15) is 26.2 Å². The molecule has 1 saturated heterocycles. The first-order chi connectivity index (χ1) is 10.2. The van der Waals surface area contributed by atoms with Crippen LogP contribution < -0.4 is 5.32 Å². The molecule has 0 aliphatic carbocycles. The lowest BCUT2D eigenvalue weighted by Crippen LogP contribution is -2.41. The molecule has 4 nitrogen and oxygen atoms in total. The Labute approximate surface area is 125 Å². The Morgan fingerprint density at radius 2 is 2.05 bits per heavy atom. The molecule has 1 aromatic heterocycles. The van der Waals surface area contributed by atoms with Crippen LogP contribution in [0.3, 0.4) is 0 Å². The van der Waals surface area contributed by atoms with E-state index in [2.05, 4.69) is 22.1 Å². The summed E-state index contributed by atoms with van der Waals surface area (Å²) in [6.45, 7) is 5.54. The van der Waals surface area contributed by atoms with Gasteiger partial charge in [0.15, 0.2) is 0 Å². The highest BCUT2D eigenvalue weighted by molar-refractivity contribution is 5.92. The average Bonchev–Trinajstić information content (AvgIpc) is 2.53. The second kappa shape index (κ2) is 6.31. The van der Waals surface area contributed by atoms with Crippen LogP contribution in [0.4, 0.5) is 5.82 Å². The summed E-state index contributed by atoms with van der Waals surface area (Å²) in [6, 6.07) is 7.87. The number of aromatic nitrogens is 1. The number of fused-ring (bicyclic) bond motifs is 1. The molecule has 2 N–H and O–H groups in total. The molecule has 2 aromatic rings. The number of piperidine rings is 1. The third kappa shape index (κ3) is 3.27. The Morgan fingerprint density at radius 3 is 2.86 bits per heavy atom. The van der Waals surface area contributed by atoms with E-state index in [4.69, 9.17) is 0 Å². The molecule has 4 heteroatoms. The molecular formula is C17H23N3O. The summed E-state index contributed by atoms with van der Waals surface area (Å²) in [7, 11) is 0. The van der Waals surface area contributed by atoms with E-state index >= 15 is 0 Å². The van der Waals surface area contributed by atoms with Crippen molar-refractivity contribution < 1.29 is 5.11 Å². The third-order valence-electron chi connectivity index (χ3n) is 4.33. The smallest absolute Gasteiger partial charge is 0.134 e.